The number of nitrogens with zero attached hydrogens (tertiary/aromatic N) is 4. The van der Waals surface area contributed by atoms with Crippen LogP contribution in [0.4, 0.5) is 5.82 Å². The van der Waals surface area contributed by atoms with E-state index in [-0.39, 0.29) is 4.90 Å². The molecule has 3 aromatic rings. The van der Waals surface area contributed by atoms with E-state index in [1.807, 2.05) is 57.2 Å². The smallest absolute Gasteiger partial charge is 0.246 e. The van der Waals surface area contributed by atoms with E-state index < -0.39 is 10.0 Å². The highest BCUT2D eigenvalue weighted by Crippen LogP contribution is 2.32. The van der Waals surface area contributed by atoms with E-state index >= 15 is 0 Å². The van der Waals surface area contributed by atoms with Crippen molar-refractivity contribution in [2.24, 2.45) is 0 Å². The molecule has 180 valence electrons. The third kappa shape index (κ3) is 5.00. The molecule has 34 heavy (non-hydrogen) atoms. The van der Waals surface area contributed by atoms with Crippen molar-refractivity contribution >= 4 is 15.8 Å². The van der Waals surface area contributed by atoms with Crippen LogP contribution in [-0.4, -0.2) is 62.3 Å². The van der Waals surface area contributed by atoms with Gasteiger partial charge in [0.1, 0.15) is 16.4 Å². The molecule has 2 aromatic carbocycles. The van der Waals surface area contributed by atoms with Gasteiger partial charge >= 0.3 is 0 Å². The van der Waals surface area contributed by atoms with E-state index in [1.54, 1.807) is 18.2 Å². The Kier molecular flexibility index (Phi) is 7.33. The highest BCUT2D eigenvalue weighted by molar-refractivity contribution is 7.89. The van der Waals surface area contributed by atoms with Crippen molar-refractivity contribution in [2.75, 3.05) is 44.3 Å². The van der Waals surface area contributed by atoms with Crippen molar-refractivity contribution in [3.05, 3.63) is 60.2 Å². The SMILES string of the molecule is CCOc1ccc(S(=O)(=O)N2CCN(c3ccc(-c4ccccc4C)nn3)CC2)c(OCC)c1. The summed E-state index contributed by atoms with van der Waals surface area (Å²) < 4.78 is 39.4. The minimum atomic E-state index is -3.71. The fourth-order valence-electron chi connectivity index (χ4n) is 4.02. The van der Waals surface area contributed by atoms with Gasteiger partial charge in [0.15, 0.2) is 5.82 Å². The van der Waals surface area contributed by atoms with Crippen LogP contribution in [0.1, 0.15) is 19.4 Å². The number of benzene rings is 2. The molecule has 0 spiro atoms. The molecular weight excluding hydrogens is 452 g/mol. The molecule has 1 aromatic heterocycles. The Morgan fingerprint density at radius 3 is 2.26 bits per heavy atom. The Hall–Kier alpha value is -3.17. The average Bonchev–Trinajstić information content (AvgIpc) is 2.85. The van der Waals surface area contributed by atoms with E-state index in [1.165, 1.54) is 4.31 Å². The molecule has 0 atom stereocenters. The minimum absolute atomic E-state index is 0.161. The van der Waals surface area contributed by atoms with Gasteiger partial charge in [0.05, 0.1) is 18.9 Å². The third-order valence-electron chi connectivity index (χ3n) is 5.78. The van der Waals surface area contributed by atoms with E-state index in [9.17, 15) is 8.42 Å². The Morgan fingerprint density at radius 1 is 0.882 bits per heavy atom. The summed E-state index contributed by atoms with van der Waals surface area (Å²) in [5, 5.41) is 8.81. The molecule has 1 saturated heterocycles. The van der Waals surface area contributed by atoms with E-state index in [0.29, 0.717) is 50.9 Å². The topological polar surface area (TPSA) is 84.9 Å². The summed E-state index contributed by atoms with van der Waals surface area (Å²) in [6.45, 7) is 8.37. The maximum atomic E-state index is 13.4. The van der Waals surface area contributed by atoms with Gasteiger partial charge < -0.3 is 14.4 Å². The van der Waals surface area contributed by atoms with Crippen LogP contribution in [0.25, 0.3) is 11.3 Å². The number of aryl methyl sites for hydroxylation is 1. The van der Waals surface area contributed by atoms with Gasteiger partial charge in [0, 0.05) is 37.8 Å². The number of aromatic nitrogens is 2. The van der Waals surface area contributed by atoms with Crippen LogP contribution in [0.3, 0.4) is 0 Å². The molecular formula is C25H30N4O4S. The predicted octanol–water partition coefficient (Wildman–Crippen LogP) is 3.76. The molecule has 0 amide bonds. The standard InChI is InChI=1S/C25H30N4O4S/c1-4-32-20-10-12-24(23(18-20)33-5-2)34(30,31)29-16-14-28(15-17-29)25-13-11-22(26-27-25)21-9-7-6-8-19(21)3/h6-13,18H,4-5,14-17H2,1-3H3. The molecule has 4 rings (SSSR count). The summed E-state index contributed by atoms with van der Waals surface area (Å²) in [7, 11) is -3.71. The van der Waals surface area contributed by atoms with Crippen LogP contribution in [-0.2, 0) is 10.0 Å². The lowest BCUT2D eigenvalue weighted by molar-refractivity contribution is 0.314. The summed E-state index contributed by atoms with van der Waals surface area (Å²) in [6.07, 6.45) is 0. The van der Waals surface area contributed by atoms with Crippen molar-refractivity contribution in [1.82, 2.24) is 14.5 Å². The maximum absolute atomic E-state index is 13.4. The molecule has 0 radical (unpaired) electrons. The monoisotopic (exact) mass is 482 g/mol. The largest absolute Gasteiger partial charge is 0.494 e. The zero-order chi connectivity index (χ0) is 24.1. The van der Waals surface area contributed by atoms with Crippen molar-refractivity contribution < 1.29 is 17.9 Å². The molecule has 8 nitrogen and oxygen atoms in total. The van der Waals surface area contributed by atoms with E-state index in [0.717, 1.165) is 22.6 Å². The first-order valence-corrected chi connectivity index (χ1v) is 12.9. The van der Waals surface area contributed by atoms with Crippen LogP contribution in [0.2, 0.25) is 0 Å². The van der Waals surface area contributed by atoms with Crippen LogP contribution in [0.5, 0.6) is 11.5 Å². The first kappa shape index (κ1) is 24.0. The number of piperazine rings is 1. The van der Waals surface area contributed by atoms with Gasteiger partial charge in [-0.3, -0.25) is 0 Å². The number of hydrogen-bond acceptors (Lipinski definition) is 7. The minimum Gasteiger partial charge on any atom is -0.494 e. The highest BCUT2D eigenvalue weighted by atomic mass is 32.2. The van der Waals surface area contributed by atoms with Gasteiger partial charge in [-0.05, 0) is 50.6 Å². The fraction of sp³-hybridized carbons (Fsp3) is 0.360. The lowest BCUT2D eigenvalue weighted by Gasteiger charge is -2.34. The Morgan fingerprint density at radius 2 is 1.62 bits per heavy atom. The first-order chi connectivity index (χ1) is 16.4. The van der Waals surface area contributed by atoms with Gasteiger partial charge in [0.25, 0.3) is 0 Å². The zero-order valence-corrected chi connectivity index (χ0v) is 20.6. The van der Waals surface area contributed by atoms with E-state index in [2.05, 4.69) is 15.1 Å². The molecule has 0 aliphatic carbocycles. The number of ether oxygens (including phenoxy) is 2. The summed E-state index contributed by atoms with van der Waals surface area (Å²) in [5.41, 5.74) is 3.02. The van der Waals surface area contributed by atoms with Gasteiger partial charge in [-0.2, -0.15) is 4.31 Å². The summed E-state index contributed by atoms with van der Waals surface area (Å²) in [5.74, 6) is 1.64. The number of rotatable bonds is 8. The number of anilines is 1. The zero-order valence-electron chi connectivity index (χ0n) is 19.8. The molecule has 1 fully saturated rings. The van der Waals surface area contributed by atoms with E-state index in [4.69, 9.17) is 9.47 Å². The normalized spacial score (nSPS) is 14.7. The molecule has 0 bridgehead atoms. The highest BCUT2D eigenvalue weighted by Gasteiger charge is 2.31. The predicted molar refractivity (Wildman–Crippen MR) is 132 cm³/mol. The van der Waals surface area contributed by atoms with Gasteiger partial charge in [0.2, 0.25) is 10.0 Å². The maximum Gasteiger partial charge on any atom is 0.246 e. The molecule has 1 aliphatic rings. The van der Waals surface area contributed by atoms with Gasteiger partial charge in [-0.25, -0.2) is 8.42 Å². The summed E-state index contributed by atoms with van der Waals surface area (Å²) in [4.78, 5) is 2.22. The van der Waals surface area contributed by atoms with Crippen LogP contribution in [0.15, 0.2) is 59.5 Å². The number of sulfonamides is 1. The Bertz CT molecular complexity index is 1220. The lowest BCUT2D eigenvalue weighted by Crippen LogP contribution is -2.49. The summed E-state index contributed by atoms with van der Waals surface area (Å²) in [6, 6.07) is 16.8. The average molecular weight is 483 g/mol. The first-order valence-electron chi connectivity index (χ1n) is 11.5. The van der Waals surface area contributed by atoms with Crippen LogP contribution >= 0.6 is 0 Å². The van der Waals surface area contributed by atoms with Crippen molar-refractivity contribution in [3.8, 4) is 22.8 Å². The third-order valence-corrected chi connectivity index (χ3v) is 7.72. The van der Waals surface area contributed by atoms with Gasteiger partial charge in [-0.15, -0.1) is 10.2 Å². The second kappa shape index (κ2) is 10.4. The number of hydrogen-bond donors (Lipinski definition) is 0. The van der Waals surface area contributed by atoms with Crippen LogP contribution in [0, 0.1) is 6.92 Å². The van der Waals surface area contributed by atoms with Crippen LogP contribution < -0.4 is 14.4 Å². The second-order valence-corrected chi connectivity index (χ2v) is 9.86. The molecule has 0 unspecified atom stereocenters. The Balaban J connectivity index is 1.47. The molecule has 0 saturated carbocycles. The second-order valence-electron chi connectivity index (χ2n) is 7.96. The molecule has 1 aliphatic heterocycles. The van der Waals surface area contributed by atoms with Crippen molar-refractivity contribution in [1.29, 1.82) is 0 Å². The van der Waals surface area contributed by atoms with Gasteiger partial charge in [-0.1, -0.05) is 24.3 Å². The molecule has 9 heteroatoms. The quantitative estimate of drug-likeness (QED) is 0.483. The summed E-state index contributed by atoms with van der Waals surface area (Å²) >= 11 is 0. The fourth-order valence-corrected chi connectivity index (χ4v) is 5.56. The Labute approximate surface area is 201 Å². The molecule has 0 N–H and O–H groups in total. The van der Waals surface area contributed by atoms with Crippen molar-refractivity contribution in [2.45, 2.75) is 25.7 Å². The molecule has 2 heterocycles. The lowest BCUT2D eigenvalue weighted by atomic mass is 10.1. The van der Waals surface area contributed by atoms with Crippen molar-refractivity contribution in [3.63, 3.8) is 0 Å².